The summed E-state index contributed by atoms with van der Waals surface area (Å²) in [5, 5.41) is 5.01. The molecule has 0 aliphatic heterocycles. The number of para-hydroxylation sites is 3. The number of benzene rings is 8. The summed E-state index contributed by atoms with van der Waals surface area (Å²) >= 11 is 0. The Bertz CT molecular complexity index is 2840. The van der Waals surface area contributed by atoms with Crippen molar-refractivity contribution in [2.24, 2.45) is 0 Å². The van der Waals surface area contributed by atoms with Crippen LogP contribution in [-0.4, -0.2) is 9.13 Å². The molecule has 10 aromatic rings. The average molecular weight is 637 g/mol. The second-order valence-electron chi connectivity index (χ2n) is 12.9. The van der Waals surface area contributed by atoms with Crippen LogP contribution in [0.4, 0.5) is 0 Å². The molecule has 0 N–H and O–H groups in total. The van der Waals surface area contributed by atoms with Gasteiger partial charge in [0.25, 0.3) is 0 Å². The summed E-state index contributed by atoms with van der Waals surface area (Å²) in [6.07, 6.45) is 0. The van der Waals surface area contributed by atoms with Crippen molar-refractivity contribution < 1.29 is 0 Å². The smallest absolute Gasteiger partial charge is 0.0641 e. The maximum atomic E-state index is 2.50. The maximum Gasteiger partial charge on any atom is 0.0641 e. The zero-order chi connectivity index (χ0) is 33.0. The monoisotopic (exact) mass is 636 g/mol. The van der Waals surface area contributed by atoms with E-state index in [9.17, 15) is 0 Å². The first-order chi connectivity index (χ1) is 24.8. The van der Waals surface area contributed by atoms with Gasteiger partial charge in [-0.3, -0.25) is 0 Å². The fourth-order valence-corrected chi connectivity index (χ4v) is 7.90. The highest BCUT2D eigenvalue weighted by atomic mass is 15.0. The molecule has 0 bridgehead atoms. The van der Waals surface area contributed by atoms with E-state index in [-0.39, 0.29) is 0 Å². The number of fused-ring (bicyclic) bond motifs is 7. The van der Waals surface area contributed by atoms with E-state index < -0.39 is 0 Å². The van der Waals surface area contributed by atoms with Crippen LogP contribution in [0.3, 0.4) is 0 Å². The molecule has 0 atom stereocenters. The molecule has 0 aliphatic rings. The number of hydrogen-bond donors (Lipinski definition) is 0. The van der Waals surface area contributed by atoms with Crippen LogP contribution >= 0.6 is 0 Å². The molecule has 10 rings (SSSR count). The van der Waals surface area contributed by atoms with Crippen molar-refractivity contribution in [1.82, 2.24) is 9.13 Å². The lowest BCUT2D eigenvalue weighted by Gasteiger charge is -2.13. The number of hydrogen-bond acceptors (Lipinski definition) is 0. The van der Waals surface area contributed by atoms with E-state index in [4.69, 9.17) is 0 Å². The first kappa shape index (κ1) is 28.4. The Morgan fingerprint density at radius 2 is 0.820 bits per heavy atom. The summed E-state index contributed by atoms with van der Waals surface area (Å²) in [6.45, 7) is 0. The zero-order valence-electron chi connectivity index (χ0n) is 27.4. The average Bonchev–Trinajstić information content (AvgIpc) is 3.72. The van der Waals surface area contributed by atoms with E-state index in [2.05, 4.69) is 203 Å². The van der Waals surface area contributed by atoms with Gasteiger partial charge in [-0.05, 0) is 70.3 Å². The summed E-state index contributed by atoms with van der Waals surface area (Å²) in [7, 11) is 0. The molecule has 0 amide bonds. The summed E-state index contributed by atoms with van der Waals surface area (Å²) in [6, 6.07) is 70.3. The molecule has 2 nitrogen and oxygen atoms in total. The topological polar surface area (TPSA) is 9.86 Å². The van der Waals surface area contributed by atoms with Crippen LogP contribution in [0.15, 0.2) is 194 Å². The quantitative estimate of drug-likeness (QED) is 0.178. The fourth-order valence-electron chi connectivity index (χ4n) is 7.90. The third-order valence-corrected chi connectivity index (χ3v) is 10.1. The third-order valence-electron chi connectivity index (χ3n) is 10.1. The van der Waals surface area contributed by atoms with Gasteiger partial charge >= 0.3 is 0 Å². The predicted molar refractivity (Wildman–Crippen MR) is 211 cm³/mol. The molecule has 0 radical (unpaired) electrons. The highest BCUT2D eigenvalue weighted by Crippen LogP contribution is 2.44. The van der Waals surface area contributed by atoms with Gasteiger partial charge in [0.15, 0.2) is 0 Å². The standard InChI is InChI=1S/C48H32N2/c1-4-15-33(16-5-1)35-19-12-20-36(31-35)37-21-13-24-39(32-37)49-44-28-11-10-25-43(44)46-45(49)30-29-42-41-27-14-26-40(34-17-6-2-7-18-34)47(41)50(48(42)46)38-22-8-3-9-23-38/h1-32H. The van der Waals surface area contributed by atoms with Gasteiger partial charge in [0.1, 0.15) is 0 Å². The lowest BCUT2D eigenvalue weighted by molar-refractivity contribution is 1.17. The first-order valence-corrected chi connectivity index (χ1v) is 17.2. The van der Waals surface area contributed by atoms with Crippen molar-refractivity contribution in [2.75, 3.05) is 0 Å². The molecule has 8 aromatic carbocycles. The molecule has 50 heavy (non-hydrogen) atoms. The van der Waals surface area contributed by atoms with Gasteiger partial charge in [-0.1, -0.05) is 152 Å². The lowest BCUT2D eigenvalue weighted by Crippen LogP contribution is -1.96. The summed E-state index contributed by atoms with van der Waals surface area (Å²) in [5.74, 6) is 0. The molecule has 0 unspecified atom stereocenters. The molecule has 2 heterocycles. The van der Waals surface area contributed by atoms with Gasteiger partial charge < -0.3 is 9.13 Å². The number of nitrogens with zero attached hydrogens (tertiary/aromatic N) is 2. The second kappa shape index (κ2) is 11.5. The van der Waals surface area contributed by atoms with Crippen molar-refractivity contribution >= 4 is 43.6 Å². The molecular formula is C48H32N2. The summed E-state index contributed by atoms with van der Waals surface area (Å²) in [4.78, 5) is 0. The largest absolute Gasteiger partial charge is 0.309 e. The van der Waals surface area contributed by atoms with Gasteiger partial charge in [-0.25, -0.2) is 0 Å². The van der Waals surface area contributed by atoms with Crippen LogP contribution in [-0.2, 0) is 0 Å². The van der Waals surface area contributed by atoms with E-state index in [1.165, 1.54) is 77.0 Å². The molecule has 0 spiro atoms. The van der Waals surface area contributed by atoms with Crippen LogP contribution < -0.4 is 0 Å². The van der Waals surface area contributed by atoms with E-state index in [1.807, 2.05) is 0 Å². The van der Waals surface area contributed by atoms with Gasteiger partial charge in [-0.2, -0.15) is 0 Å². The fraction of sp³-hybridized carbons (Fsp3) is 0. The Labute approximate surface area is 290 Å². The molecule has 2 heteroatoms. The predicted octanol–water partition coefficient (Wildman–Crippen LogP) is 12.9. The number of rotatable bonds is 5. The molecule has 234 valence electrons. The SMILES string of the molecule is c1ccc(-c2cccc(-c3cccc(-n4c5ccccc5c5c4ccc4c6cccc(-c7ccccc7)c6n(-c6ccccc6)c45)c3)c2)cc1. The van der Waals surface area contributed by atoms with E-state index in [0.29, 0.717) is 0 Å². The molecule has 0 saturated heterocycles. The second-order valence-corrected chi connectivity index (χ2v) is 12.9. The third kappa shape index (κ3) is 4.43. The van der Waals surface area contributed by atoms with Gasteiger partial charge in [0.05, 0.1) is 22.1 Å². The van der Waals surface area contributed by atoms with Crippen molar-refractivity contribution in [2.45, 2.75) is 0 Å². The Balaban J connectivity index is 1.27. The first-order valence-electron chi connectivity index (χ1n) is 17.2. The van der Waals surface area contributed by atoms with Gasteiger partial charge in [0, 0.05) is 38.5 Å². The Kier molecular flexibility index (Phi) is 6.53. The van der Waals surface area contributed by atoms with Crippen LogP contribution in [0.5, 0.6) is 0 Å². The molecule has 0 fully saturated rings. The molecule has 0 aliphatic carbocycles. The van der Waals surface area contributed by atoms with E-state index in [0.717, 1.165) is 11.4 Å². The molecule has 2 aromatic heterocycles. The highest BCUT2D eigenvalue weighted by molar-refractivity contribution is 6.27. The maximum absolute atomic E-state index is 2.50. The summed E-state index contributed by atoms with van der Waals surface area (Å²) < 4.78 is 4.94. The van der Waals surface area contributed by atoms with Crippen molar-refractivity contribution in [3.05, 3.63) is 194 Å². The van der Waals surface area contributed by atoms with Crippen LogP contribution in [0.2, 0.25) is 0 Å². The zero-order valence-corrected chi connectivity index (χ0v) is 27.4. The van der Waals surface area contributed by atoms with Crippen molar-refractivity contribution in [3.8, 4) is 44.8 Å². The normalized spacial score (nSPS) is 11.6. The highest BCUT2D eigenvalue weighted by Gasteiger charge is 2.22. The van der Waals surface area contributed by atoms with Crippen molar-refractivity contribution in [1.29, 1.82) is 0 Å². The van der Waals surface area contributed by atoms with E-state index in [1.54, 1.807) is 0 Å². The van der Waals surface area contributed by atoms with Gasteiger partial charge in [0.2, 0.25) is 0 Å². The van der Waals surface area contributed by atoms with Gasteiger partial charge in [-0.15, -0.1) is 0 Å². The van der Waals surface area contributed by atoms with E-state index >= 15 is 0 Å². The van der Waals surface area contributed by atoms with Crippen LogP contribution in [0.25, 0.3) is 88.4 Å². The Morgan fingerprint density at radius 3 is 1.60 bits per heavy atom. The van der Waals surface area contributed by atoms with Crippen molar-refractivity contribution in [3.63, 3.8) is 0 Å². The molecule has 0 saturated carbocycles. The minimum atomic E-state index is 1.14. The molecular weight excluding hydrogens is 605 g/mol. The summed E-state index contributed by atoms with van der Waals surface area (Å²) in [5.41, 5.74) is 14.4. The Morgan fingerprint density at radius 1 is 0.280 bits per heavy atom. The Hall–Kier alpha value is -6.64. The minimum Gasteiger partial charge on any atom is -0.309 e. The van der Waals surface area contributed by atoms with Crippen LogP contribution in [0.1, 0.15) is 0 Å². The lowest BCUT2D eigenvalue weighted by atomic mass is 9.99. The minimum absolute atomic E-state index is 1.14. The van der Waals surface area contributed by atoms with Crippen LogP contribution in [0, 0.1) is 0 Å². The number of aromatic nitrogens is 2.